The molecule has 0 aliphatic carbocycles. The molecule has 214 valence electrons. The largest absolute Gasteiger partial charge is 0.366 e. The van der Waals surface area contributed by atoms with Gasteiger partial charge in [0.2, 0.25) is 5.91 Å². The van der Waals surface area contributed by atoms with E-state index in [1.807, 2.05) is 33.8 Å². The minimum absolute atomic E-state index is 0.00168. The minimum Gasteiger partial charge on any atom is -0.366 e. The highest BCUT2D eigenvalue weighted by Gasteiger charge is 2.24. The number of nitrogens with zero attached hydrogens (tertiary/aromatic N) is 3. The Hall–Kier alpha value is -4.47. The highest BCUT2D eigenvalue weighted by atomic mass is 19.1. The van der Waals surface area contributed by atoms with Gasteiger partial charge in [0.25, 0.3) is 5.91 Å². The summed E-state index contributed by atoms with van der Waals surface area (Å²) in [6.45, 7) is 7.98. The summed E-state index contributed by atoms with van der Waals surface area (Å²) in [6, 6.07) is 11.5. The molecule has 2 aromatic heterocycles. The van der Waals surface area contributed by atoms with Crippen LogP contribution in [0.5, 0.6) is 0 Å². The summed E-state index contributed by atoms with van der Waals surface area (Å²) < 4.78 is 44.1. The van der Waals surface area contributed by atoms with Gasteiger partial charge in [-0.05, 0) is 65.8 Å². The van der Waals surface area contributed by atoms with Crippen molar-refractivity contribution >= 4 is 11.8 Å². The zero-order chi connectivity index (χ0) is 29.8. The number of primary amides is 1. The SMILES string of the molecule is CC(C)c1cc(C(C)C)n(CC(=O)N[C@@H](Cc2cc(F)cc(F)c2)c2ncccc2-c2ccc(F)c(C(N)=O)c2)n1. The van der Waals surface area contributed by atoms with Crippen molar-refractivity contribution in [1.29, 1.82) is 0 Å². The molecule has 2 aromatic carbocycles. The van der Waals surface area contributed by atoms with Crippen molar-refractivity contribution < 1.29 is 22.8 Å². The van der Waals surface area contributed by atoms with Crippen molar-refractivity contribution in [3.63, 3.8) is 0 Å². The molecule has 4 rings (SSSR count). The number of pyridine rings is 1. The summed E-state index contributed by atoms with van der Waals surface area (Å²) in [7, 11) is 0. The highest BCUT2D eigenvalue weighted by molar-refractivity contribution is 5.94. The topological polar surface area (TPSA) is 103 Å². The van der Waals surface area contributed by atoms with E-state index in [4.69, 9.17) is 5.73 Å². The summed E-state index contributed by atoms with van der Waals surface area (Å²) in [4.78, 5) is 29.7. The van der Waals surface area contributed by atoms with Gasteiger partial charge in [-0.1, -0.05) is 39.8 Å². The van der Waals surface area contributed by atoms with Crippen molar-refractivity contribution in [3.05, 3.63) is 106 Å². The fourth-order valence-corrected chi connectivity index (χ4v) is 4.70. The first kappa shape index (κ1) is 29.5. The molecule has 0 radical (unpaired) electrons. The van der Waals surface area contributed by atoms with Crippen LogP contribution in [0.1, 0.15) is 78.6 Å². The predicted octanol–water partition coefficient (Wildman–Crippen LogP) is 5.81. The van der Waals surface area contributed by atoms with Gasteiger partial charge in [0.05, 0.1) is 23.0 Å². The van der Waals surface area contributed by atoms with Crippen LogP contribution in [-0.2, 0) is 17.8 Å². The third kappa shape index (κ3) is 7.00. The Morgan fingerprint density at radius 2 is 1.66 bits per heavy atom. The summed E-state index contributed by atoms with van der Waals surface area (Å²) in [5.74, 6) is -3.31. The average Bonchev–Trinajstić information content (AvgIpc) is 3.32. The van der Waals surface area contributed by atoms with E-state index < -0.39 is 29.4 Å². The summed E-state index contributed by atoms with van der Waals surface area (Å²) in [6.07, 6.45) is 1.52. The molecule has 0 aliphatic heterocycles. The summed E-state index contributed by atoms with van der Waals surface area (Å²) in [5, 5.41) is 7.58. The quantitative estimate of drug-likeness (QED) is 0.254. The lowest BCUT2D eigenvalue weighted by atomic mass is 9.94. The monoisotopic (exact) mass is 563 g/mol. The van der Waals surface area contributed by atoms with Gasteiger partial charge in [-0.3, -0.25) is 19.3 Å². The zero-order valence-electron chi connectivity index (χ0n) is 23.3. The van der Waals surface area contributed by atoms with Crippen LogP contribution in [0, 0.1) is 17.5 Å². The highest BCUT2D eigenvalue weighted by Crippen LogP contribution is 2.30. The molecular weight excluding hydrogens is 531 g/mol. The molecule has 7 nitrogen and oxygen atoms in total. The van der Waals surface area contributed by atoms with Gasteiger partial charge < -0.3 is 11.1 Å². The summed E-state index contributed by atoms with van der Waals surface area (Å²) >= 11 is 0. The standard InChI is InChI=1S/C31H32F3N5O2/c1-17(2)26-15-28(18(3)4)39(38-26)16-29(40)37-27(12-19-10-21(32)14-22(33)11-19)30-23(6-5-9-36-30)20-7-8-25(34)24(13-20)31(35)41/h5-11,13-15,17-18,27H,12,16H2,1-4H3,(H2,35,41)(H,37,40)/t27-/m0/s1. The first-order valence-electron chi connectivity index (χ1n) is 13.3. The fraction of sp³-hybridized carbons (Fsp3) is 0.290. The van der Waals surface area contributed by atoms with Crippen LogP contribution in [0.2, 0.25) is 0 Å². The summed E-state index contributed by atoms with van der Waals surface area (Å²) in [5.41, 5.74) is 8.39. The average molecular weight is 564 g/mol. The molecule has 41 heavy (non-hydrogen) atoms. The van der Waals surface area contributed by atoms with Crippen molar-refractivity contribution in [2.75, 3.05) is 0 Å². The van der Waals surface area contributed by atoms with E-state index in [2.05, 4.69) is 15.4 Å². The Labute approximate surface area is 236 Å². The second-order valence-electron chi connectivity index (χ2n) is 10.6. The van der Waals surface area contributed by atoms with E-state index in [1.165, 1.54) is 30.5 Å². The lowest BCUT2D eigenvalue weighted by Gasteiger charge is -2.22. The number of carbonyl (C=O) groups is 2. The number of halogens is 3. The van der Waals surface area contributed by atoms with Crippen molar-refractivity contribution in [2.24, 2.45) is 5.73 Å². The molecule has 0 saturated carbocycles. The second-order valence-corrected chi connectivity index (χ2v) is 10.6. The Morgan fingerprint density at radius 3 is 2.29 bits per heavy atom. The van der Waals surface area contributed by atoms with Crippen LogP contribution < -0.4 is 11.1 Å². The van der Waals surface area contributed by atoms with E-state index >= 15 is 0 Å². The number of nitrogens with one attached hydrogen (secondary N) is 1. The maximum absolute atomic E-state index is 14.2. The van der Waals surface area contributed by atoms with Crippen molar-refractivity contribution in [2.45, 2.75) is 58.5 Å². The van der Waals surface area contributed by atoms with Crippen molar-refractivity contribution in [1.82, 2.24) is 20.1 Å². The fourth-order valence-electron chi connectivity index (χ4n) is 4.70. The van der Waals surface area contributed by atoms with Gasteiger partial charge >= 0.3 is 0 Å². The van der Waals surface area contributed by atoms with Gasteiger partial charge in [0.1, 0.15) is 24.0 Å². The molecule has 3 N–H and O–H groups in total. The first-order valence-corrected chi connectivity index (χ1v) is 13.3. The van der Waals surface area contributed by atoms with E-state index in [0.29, 0.717) is 22.4 Å². The first-order chi connectivity index (χ1) is 19.4. The molecule has 4 aromatic rings. The van der Waals surface area contributed by atoms with Gasteiger partial charge in [-0.2, -0.15) is 5.10 Å². The molecule has 0 saturated heterocycles. The van der Waals surface area contributed by atoms with Crippen molar-refractivity contribution in [3.8, 4) is 11.1 Å². The number of hydrogen-bond donors (Lipinski definition) is 2. The molecule has 10 heteroatoms. The molecule has 0 aliphatic rings. The normalized spacial score (nSPS) is 12.1. The molecule has 0 bridgehead atoms. The third-order valence-electron chi connectivity index (χ3n) is 6.72. The number of nitrogens with two attached hydrogens (primary N) is 1. The number of aromatic nitrogens is 3. The Balaban J connectivity index is 1.74. The predicted molar refractivity (Wildman–Crippen MR) is 149 cm³/mol. The van der Waals surface area contributed by atoms with Gasteiger partial charge in [-0.15, -0.1) is 0 Å². The maximum atomic E-state index is 14.2. The van der Waals surface area contributed by atoms with Gasteiger partial charge in [0.15, 0.2) is 0 Å². The Bertz CT molecular complexity index is 1560. The van der Waals surface area contributed by atoms with Crippen LogP contribution in [0.25, 0.3) is 11.1 Å². The van der Waals surface area contributed by atoms with Crippen LogP contribution in [0.15, 0.2) is 60.8 Å². The molecule has 0 fully saturated rings. The third-order valence-corrected chi connectivity index (χ3v) is 6.72. The number of rotatable bonds is 10. The maximum Gasteiger partial charge on any atom is 0.251 e. The molecule has 0 spiro atoms. The zero-order valence-corrected chi connectivity index (χ0v) is 23.3. The number of benzene rings is 2. The van der Waals surface area contributed by atoms with Crippen LogP contribution >= 0.6 is 0 Å². The van der Waals surface area contributed by atoms with E-state index in [1.54, 1.807) is 16.8 Å². The van der Waals surface area contributed by atoms with Crippen LogP contribution in [0.3, 0.4) is 0 Å². The van der Waals surface area contributed by atoms with Gasteiger partial charge in [-0.25, -0.2) is 13.2 Å². The van der Waals surface area contributed by atoms with Crippen LogP contribution in [-0.4, -0.2) is 26.6 Å². The van der Waals surface area contributed by atoms with E-state index in [0.717, 1.165) is 23.5 Å². The lowest BCUT2D eigenvalue weighted by Crippen LogP contribution is -2.34. The molecule has 2 amide bonds. The lowest BCUT2D eigenvalue weighted by molar-refractivity contribution is -0.122. The minimum atomic E-state index is -0.934. The number of carbonyl (C=O) groups excluding carboxylic acids is 2. The van der Waals surface area contributed by atoms with E-state index in [9.17, 15) is 22.8 Å². The number of amides is 2. The second kappa shape index (κ2) is 12.4. The molecule has 0 unspecified atom stereocenters. The Kier molecular flexibility index (Phi) is 8.90. The molecule has 2 heterocycles. The Morgan fingerprint density at radius 1 is 0.951 bits per heavy atom. The van der Waals surface area contributed by atoms with Gasteiger partial charge in [0, 0.05) is 23.5 Å². The number of hydrogen-bond acceptors (Lipinski definition) is 4. The smallest absolute Gasteiger partial charge is 0.251 e. The molecule has 1 atom stereocenters. The molecular formula is C31H32F3N5O2. The van der Waals surface area contributed by atoms with Crippen LogP contribution in [0.4, 0.5) is 13.2 Å². The van der Waals surface area contributed by atoms with E-state index in [-0.39, 0.29) is 36.3 Å².